The standard InChI is InChI=1S/C29H30F2N6O5/c1-3-40-29(39)20-5-4-11-37(20)17-7-9-22(18(14-17)27-34-10-12-36(27)2)41-25-19(30)15-35-28(24(25)31)42-23-13-16(26(32)33)6-8-21(23)38/h6-10,13-15,20,27,38H,3-5,11-12H2,1-2H3,(H3,32,33). The summed E-state index contributed by atoms with van der Waals surface area (Å²) in [5, 5.41) is 17.7. The van der Waals surface area contributed by atoms with Crippen LogP contribution >= 0.6 is 0 Å². The Bertz CT molecular complexity index is 1550. The molecule has 1 saturated heterocycles. The van der Waals surface area contributed by atoms with Crippen molar-refractivity contribution in [2.24, 2.45) is 10.7 Å². The smallest absolute Gasteiger partial charge is 0.328 e. The Morgan fingerprint density at radius 1 is 1.19 bits per heavy atom. The van der Waals surface area contributed by atoms with E-state index < -0.39 is 35.5 Å². The van der Waals surface area contributed by atoms with Crippen molar-refractivity contribution in [1.82, 2.24) is 9.88 Å². The second-order valence-corrected chi connectivity index (χ2v) is 9.83. The van der Waals surface area contributed by atoms with Crippen LogP contribution in [0, 0.1) is 17.0 Å². The van der Waals surface area contributed by atoms with Crippen LogP contribution in [0.3, 0.4) is 0 Å². The van der Waals surface area contributed by atoms with E-state index in [1.807, 2.05) is 16.8 Å². The van der Waals surface area contributed by atoms with Crippen molar-refractivity contribution in [3.05, 3.63) is 65.4 Å². The number of amidine groups is 1. The number of benzene rings is 2. The average molecular weight is 581 g/mol. The summed E-state index contributed by atoms with van der Waals surface area (Å²) >= 11 is 0. The number of aromatic nitrogens is 1. The number of phenols is 1. The topological polar surface area (TPSA) is 147 Å². The van der Waals surface area contributed by atoms with E-state index in [4.69, 9.17) is 25.4 Å². The number of nitrogens with zero attached hydrogens (tertiary/aromatic N) is 4. The Hall–Kier alpha value is -4.78. The highest BCUT2D eigenvalue weighted by Crippen LogP contribution is 2.41. The van der Waals surface area contributed by atoms with Crippen LogP contribution in [-0.2, 0) is 9.53 Å². The average Bonchev–Trinajstić information content (AvgIpc) is 3.63. The summed E-state index contributed by atoms with van der Waals surface area (Å²) in [4.78, 5) is 24.7. The van der Waals surface area contributed by atoms with Gasteiger partial charge < -0.3 is 30.0 Å². The van der Waals surface area contributed by atoms with Crippen molar-refractivity contribution >= 4 is 23.7 Å². The van der Waals surface area contributed by atoms with E-state index in [2.05, 4.69) is 9.98 Å². The molecule has 0 bridgehead atoms. The fourth-order valence-corrected chi connectivity index (χ4v) is 4.95. The highest BCUT2D eigenvalue weighted by molar-refractivity contribution is 5.95. The number of aliphatic imine (C=N–C) groups is 1. The fraction of sp³-hybridized carbons (Fsp3) is 0.310. The molecule has 0 saturated carbocycles. The van der Waals surface area contributed by atoms with Crippen LogP contribution in [0.15, 0.2) is 47.6 Å². The maximum absolute atomic E-state index is 15.6. The Kier molecular flexibility index (Phi) is 8.20. The van der Waals surface area contributed by atoms with Gasteiger partial charge in [-0.2, -0.15) is 4.39 Å². The molecule has 5 rings (SSSR count). The van der Waals surface area contributed by atoms with Gasteiger partial charge in [-0.05, 0) is 63.2 Å². The quantitative estimate of drug-likeness (QED) is 0.189. The number of carbonyl (C=O) groups is 1. The minimum absolute atomic E-state index is 0.137. The molecule has 0 amide bonds. The molecular formula is C29H30F2N6O5. The summed E-state index contributed by atoms with van der Waals surface area (Å²) in [6, 6.07) is 8.50. The Morgan fingerprint density at radius 2 is 2.00 bits per heavy atom. The van der Waals surface area contributed by atoms with Gasteiger partial charge in [0, 0.05) is 36.1 Å². The number of nitrogens with two attached hydrogens (primary N) is 1. The predicted octanol–water partition coefficient (Wildman–Crippen LogP) is 4.48. The van der Waals surface area contributed by atoms with Crippen LogP contribution in [0.5, 0.6) is 28.9 Å². The number of nitrogens with one attached hydrogen (secondary N) is 1. The number of anilines is 1. The lowest BCUT2D eigenvalue weighted by molar-refractivity contribution is -0.144. The van der Waals surface area contributed by atoms with Gasteiger partial charge >= 0.3 is 5.97 Å². The molecule has 0 aliphatic carbocycles. The van der Waals surface area contributed by atoms with E-state index in [0.717, 1.165) is 18.3 Å². The molecular weight excluding hydrogens is 550 g/mol. The van der Waals surface area contributed by atoms with Crippen molar-refractivity contribution in [2.75, 3.05) is 31.6 Å². The van der Waals surface area contributed by atoms with Crippen LogP contribution in [0.25, 0.3) is 0 Å². The first-order valence-corrected chi connectivity index (χ1v) is 13.3. The van der Waals surface area contributed by atoms with Gasteiger partial charge in [0.1, 0.15) is 23.8 Å². The zero-order valence-electron chi connectivity index (χ0n) is 23.0. The first kappa shape index (κ1) is 28.7. The second kappa shape index (κ2) is 12.0. The number of phenolic OH excluding ortho intramolecular Hbond substituents is 1. The highest BCUT2D eigenvalue weighted by atomic mass is 19.1. The summed E-state index contributed by atoms with van der Waals surface area (Å²) in [6.07, 6.45) is 3.43. The first-order valence-electron chi connectivity index (χ1n) is 13.3. The van der Waals surface area contributed by atoms with Gasteiger partial charge in [-0.15, -0.1) is 0 Å². The van der Waals surface area contributed by atoms with Crippen molar-refractivity contribution in [3.63, 3.8) is 0 Å². The van der Waals surface area contributed by atoms with Gasteiger partial charge in [0.2, 0.25) is 11.6 Å². The maximum Gasteiger partial charge on any atom is 0.328 e. The van der Waals surface area contributed by atoms with Crippen molar-refractivity contribution in [1.29, 1.82) is 5.41 Å². The Balaban J connectivity index is 1.50. The zero-order chi connectivity index (χ0) is 30.0. The first-order chi connectivity index (χ1) is 20.2. The Morgan fingerprint density at radius 3 is 2.71 bits per heavy atom. The normalized spacial score (nSPS) is 18.3. The number of carbonyl (C=O) groups excluding carboxylic acids is 1. The van der Waals surface area contributed by atoms with E-state index in [1.165, 1.54) is 18.2 Å². The van der Waals surface area contributed by atoms with Gasteiger partial charge in [-0.25, -0.2) is 14.2 Å². The van der Waals surface area contributed by atoms with Crippen molar-refractivity contribution in [3.8, 4) is 28.9 Å². The molecule has 2 aromatic carbocycles. The van der Waals surface area contributed by atoms with Gasteiger partial charge in [0.05, 0.1) is 12.8 Å². The van der Waals surface area contributed by atoms with E-state index in [9.17, 15) is 14.3 Å². The van der Waals surface area contributed by atoms with E-state index in [1.54, 1.807) is 31.3 Å². The largest absolute Gasteiger partial charge is 0.504 e. The Labute approximate surface area is 240 Å². The SMILES string of the molecule is CCOC(=O)C1CCCN1c1ccc(Oc2c(F)cnc(Oc3cc(C(=N)N)ccc3O)c2F)c(C2N=CCN2C)c1. The molecule has 220 valence electrons. The van der Waals surface area contributed by atoms with Crippen LogP contribution in [0.2, 0.25) is 0 Å². The number of ether oxygens (including phenoxy) is 3. The fourth-order valence-electron chi connectivity index (χ4n) is 4.95. The second-order valence-electron chi connectivity index (χ2n) is 9.83. The molecule has 1 fully saturated rings. The lowest BCUT2D eigenvalue weighted by Crippen LogP contribution is -2.37. The molecule has 2 atom stereocenters. The molecule has 11 nitrogen and oxygen atoms in total. The third-order valence-electron chi connectivity index (χ3n) is 7.04. The summed E-state index contributed by atoms with van der Waals surface area (Å²) in [7, 11) is 1.85. The molecule has 2 aliphatic rings. The number of rotatable bonds is 9. The van der Waals surface area contributed by atoms with Crippen molar-refractivity contribution < 1.29 is 32.9 Å². The van der Waals surface area contributed by atoms with Crippen LogP contribution in [-0.4, -0.2) is 65.8 Å². The number of pyridine rings is 1. The third-order valence-corrected chi connectivity index (χ3v) is 7.04. The summed E-state index contributed by atoms with van der Waals surface area (Å²) in [5.74, 6) is -4.83. The van der Waals surface area contributed by atoms with E-state index in [-0.39, 0.29) is 41.2 Å². The van der Waals surface area contributed by atoms with Crippen LogP contribution in [0.4, 0.5) is 14.5 Å². The number of hydrogen-bond acceptors (Lipinski definition) is 10. The number of halogens is 2. The minimum atomic E-state index is -1.25. The molecule has 4 N–H and O–H groups in total. The predicted molar refractivity (Wildman–Crippen MR) is 151 cm³/mol. The molecule has 13 heteroatoms. The summed E-state index contributed by atoms with van der Waals surface area (Å²) < 4.78 is 47.1. The monoisotopic (exact) mass is 580 g/mol. The molecule has 0 radical (unpaired) electrons. The molecule has 3 heterocycles. The van der Waals surface area contributed by atoms with E-state index >= 15 is 4.39 Å². The highest BCUT2D eigenvalue weighted by Gasteiger charge is 2.34. The molecule has 42 heavy (non-hydrogen) atoms. The number of esters is 1. The van der Waals surface area contributed by atoms with Crippen molar-refractivity contribution in [2.45, 2.75) is 32.0 Å². The molecule has 0 spiro atoms. The molecule has 1 aromatic heterocycles. The summed E-state index contributed by atoms with van der Waals surface area (Å²) in [6.45, 7) is 3.23. The maximum atomic E-state index is 15.6. The van der Waals surface area contributed by atoms with Crippen LogP contribution in [0.1, 0.15) is 37.1 Å². The van der Waals surface area contributed by atoms with Gasteiger partial charge in [-0.3, -0.25) is 15.3 Å². The number of hydrogen-bond donors (Lipinski definition) is 3. The minimum Gasteiger partial charge on any atom is -0.504 e. The molecule has 2 unspecified atom stereocenters. The zero-order valence-corrected chi connectivity index (χ0v) is 23.0. The molecule has 3 aromatic rings. The lowest BCUT2D eigenvalue weighted by Gasteiger charge is -2.28. The van der Waals surface area contributed by atoms with Gasteiger partial charge in [0.15, 0.2) is 17.3 Å². The number of aromatic hydroxyl groups is 1. The third kappa shape index (κ3) is 5.68. The van der Waals surface area contributed by atoms with Gasteiger partial charge in [-0.1, -0.05) is 0 Å². The lowest BCUT2D eigenvalue weighted by atomic mass is 10.1. The van der Waals surface area contributed by atoms with Gasteiger partial charge in [0.25, 0.3) is 5.88 Å². The van der Waals surface area contributed by atoms with E-state index in [0.29, 0.717) is 25.1 Å². The number of nitrogen functional groups attached to an aromatic ring is 1. The molecule has 2 aliphatic heterocycles. The van der Waals surface area contributed by atoms with Crippen LogP contribution < -0.4 is 20.1 Å². The summed E-state index contributed by atoms with van der Waals surface area (Å²) in [5.41, 5.74) is 6.97.